The van der Waals surface area contributed by atoms with Gasteiger partial charge in [-0.25, -0.2) is 4.98 Å². The molecular formula is C16H16BrClN2O2. The maximum absolute atomic E-state index is 9.95. The van der Waals surface area contributed by atoms with Crippen LogP contribution in [0, 0.1) is 0 Å². The highest BCUT2D eigenvalue weighted by Gasteiger charge is 2.06. The summed E-state index contributed by atoms with van der Waals surface area (Å²) in [5, 5.41) is 12.2. The van der Waals surface area contributed by atoms with Crippen molar-refractivity contribution in [1.29, 1.82) is 0 Å². The molecule has 22 heavy (non-hydrogen) atoms. The molecule has 0 aliphatic carbocycles. The van der Waals surface area contributed by atoms with Crippen molar-refractivity contribution in [1.82, 2.24) is 9.55 Å². The van der Waals surface area contributed by atoms with Crippen LogP contribution in [0.25, 0.3) is 10.8 Å². The molecule has 2 aromatic carbocycles. The molecule has 0 aliphatic heterocycles. The highest BCUT2D eigenvalue weighted by atomic mass is 79.9. The Bertz CT molecular complexity index is 734. The van der Waals surface area contributed by atoms with E-state index >= 15 is 0 Å². The fourth-order valence-corrected chi connectivity index (χ4v) is 2.55. The third-order valence-electron chi connectivity index (χ3n) is 3.20. The molecule has 1 atom stereocenters. The number of halogens is 2. The molecule has 116 valence electrons. The number of rotatable bonds is 5. The molecule has 0 spiro atoms. The molecule has 3 rings (SSSR count). The highest BCUT2D eigenvalue weighted by molar-refractivity contribution is 9.10. The first-order chi connectivity index (χ1) is 10.2. The molecule has 0 bridgehead atoms. The Morgan fingerprint density at radius 3 is 2.73 bits per heavy atom. The number of aliphatic hydroxyl groups excluding tert-OH is 1. The Morgan fingerprint density at radius 2 is 1.95 bits per heavy atom. The third kappa shape index (κ3) is 4.22. The highest BCUT2D eigenvalue weighted by Crippen LogP contribution is 2.24. The van der Waals surface area contributed by atoms with E-state index in [0.29, 0.717) is 6.54 Å². The number of fused-ring (bicyclic) bond motifs is 1. The maximum atomic E-state index is 9.95. The van der Waals surface area contributed by atoms with E-state index in [2.05, 4.69) is 27.0 Å². The number of nitrogens with zero attached hydrogens (tertiary/aromatic N) is 2. The van der Waals surface area contributed by atoms with E-state index in [1.54, 1.807) is 12.5 Å². The molecule has 0 amide bonds. The Balaban J connectivity index is 0.00000176. The minimum Gasteiger partial charge on any atom is -0.491 e. The normalized spacial score (nSPS) is 11.9. The lowest BCUT2D eigenvalue weighted by molar-refractivity contribution is 0.0925. The monoisotopic (exact) mass is 382 g/mol. The van der Waals surface area contributed by atoms with Crippen LogP contribution in [-0.4, -0.2) is 27.4 Å². The van der Waals surface area contributed by atoms with Crippen molar-refractivity contribution in [3.63, 3.8) is 0 Å². The van der Waals surface area contributed by atoms with E-state index in [0.717, 1.165) is 21.0 Å². The van der Waals surface area contributed by atoms with E-state index in [-0.39, 0.29) is 19.0 Å². The van der Waals surface area contributed by atoms with E-state index < -0.39 is 6.10 Å². The van der Waals surface area contributed by atoms with Gasteiger partial charge in [-0.1, -0.05) is 28.1 Å². The van der Waals surface area contributed by atoms with Crippen LogP contribution < -0.4 is 4.74 Å². The SMILES string of the molecule is Cl.OC(COc1ccc2cc(Br)ccc2c1)Cn1ccnc1. The third-order valence-corrected chi connectivity index (χ3v) is 3.69. The lowest BCUT2D eigenvalue weighted by Gasteiger charge is -2.13. The molecule has 1 unspecified atom stereocenters. The largest absolute Gasteiger partial charge is 0.491 e. The number of hydrogen-bond acceptors (Lipinski definition) is 3. The van der Waals surface area contributed by atoms with E-state index in [4.69, 9.17) is 4.74 Å². The summed E-state index contributed by atoms with van der Waals surface area (Å²) in [5.41, 5.74) is 0. The zero-order valence-corrected chi connectivity index (χ0v) is 14.1. The molecule has 0 saturated carbocycles. The van der Waals surface area contributed by atoms with Gasteiger partial charge in [-0.15, -0.1) is 12.4 Å². The lowest BCUT2D eigenvalue weighted by atomic mass is 10.1. The van der Waals surface area contributed by atoms with Gasteiger partial charge in [0.05, 0.1) is 12.9 Å². The predicted octanol–water partition coefficient (Wildman–Crippen LogP) is 3.66. The van der Waals surface area contributed by atoms with Crippen molar-refractivity contribution >= 4 is 39.1 Å². The van der Waals surface area contributed by atoms with E-state index in [9.17, 15) is 5.11 Å². The summed E-state index contributed by atoms with van der Waals surface area (Å²) in [6, 6.07) is 12.0. The van der Waals surface area contributed by atoms with Crippen LogP contribution in [0.1, 0.15) is 0 Å². The zero-order chi connectivity index (χ0) is 14.7. The van der Waals surface area contributed by atoms with Gasteiger partial charge in [0.25, 0.3) is 0 Å². The Kier molecular flexibility index (Phi) is 5.83. The first-order valence-corrected chi connectivity index (χ1v) is 7.46. The first kappa shape index (κ1) is 16.8. The summed E-state index contributed by atoms with van der Waals surface area (Å²) in [7, 11) is 0. The van der Waals surface area contributed by atoms with Crippen LogP contribution >= 0.6 is 28.3 Å². The van der Waals surface area contributed by atoms with Gasteiger partial charge in [0, 0.05) is 16.9 Å². The van der Waals surface area contributed by atoms with Crippen molar-refractivity contribution in [2.45, 2.75) is 12.6 Å². The first-order valence-electron chi connectivity index (χ1n) is 6.66. The lowest BCUT2D eigenvalue weighted by Crippen LogP contribution is -2.22. The van der Waals surface area contributed by atoms with Crippen LogP contribution in [0.5, 0.6) is 5.75 Å². The molecule has 1 N–H and O–H groups in total. The minimum absolute atomic E-state index is 0. The summed E-state index contributed by atoms with van der Waals surface area (Å²) in [6.45, 7) is 0.723. The van der Waals surface area contributed by atoms with Crippen molar-refractivity contribution in [2.75, 3.05) is 6.61 Å². The van der Waals surface area contributed by atoms with Crippen molar-refractivity contribution in [3.05, 3.63) is 59.6 Å². The second-order valence-electron chi connectivity index (χ2n) is 4.88. The molecule has 1 heterocycles. The number of benzene rings is 2. The minimum atomic E-state index is -0.570. The van der Waals surface area contributed by atoms with Gasteiger partial charge < -0.3 is 14.4 Å². The van der Waals surface area contributed by atoms with Gasteiger partial charge in [0.1, 0.15) is 18.5 Å². The van der Waals surface area contributed by atoms with Crippen LogP contribution in [0.15, 0.2) is 59.6 Å². The Hall–Kier alpha value is -1.56. The smallest absolute Gasteiger partial charge is 0.120 e. The van der Waals surface area contributed by atoms with Crippen molar-refractivity contribution in [2.24, 2.45) is 0 Å². The molecule has 6 heteroatoms. The Morgan fingerprint density at radius 1 is 1.18 bits per heavy atom. The topological polar surface area (TPSA) is 47.3 Å². The number of ether oxygens (including phenoxy) is 1. The average Bonchev–Trinajstić information content (AvgIpc) is 2.98. The zero-order valence-electron chi connectivity index (χ0n) is 11.7. The Labute approximate surface area is 143 Å². The fraction of sp³-hybridized carbons (Fsp3) is 0.188. The summed E-state index contributed by atoms with van der Waals surface area (Å²) < 4.78 is 8.54. The average molecular weight is 384 g/mol. The second-order valence-corrected chi connectivity index (χ2v) is 5.79. The van der Waals surface area contributed by atoms with Crippen LogP contribution in [0.3, 0.4) is 0 Å². The molecule has 1 aromatic heterocycles. The van der Waals surface area contributed by atoms with Crippen LogP contribution in [0.2, 0.25) is 0 Å². The molecular weight excluding hydrogens is 368 g/mol. The molecule has 0 radical (unpaired) electrons. The van der Waals surface area contributed by atoms with Gasteiger partial charge >= 0.3 is 0 Å². The van der Waals surface area contributed by atoms with Crippen molar-refractivity contribution in [3.8, 4) is 5.75 Å². The van der Waals surface area contributed by atoms with Crippen molar-refractivity contribution < 1.29 is 9.84 Å². The number of aliphatic hydroxyl groups is 1. The van der Waals surface area contributed by atoms with E-state index in [1.165, 1.54) is 0 Å². The van der Waals surface area contributed by atoms with Crippen LogP contribution in [0.4, 0.5) is 0 Å². The number of aromatic nitrogens is 2. The summed E-state index contributed by atoms with van der Waals surface area (Å²) in [4.78, 5) is 3.94. The molecule has 0 aliphatic rings. The van der Waals surface area contributed by atoms with Gasteiger partial charge in [-0.3, -0.25) is 0 Å². The molecule has 4 nitrogen and oxygen atoms in total. The number of hydrogen-bond donors (Lipinski definition) is 1. The summed E-state index contributed by atoms with van der Waals surface area (Å²) in [5.74, 6) is 0.759. The van der Waals surface area contributed by atoms with Gasteiger partial charge in [-0.05, 0) is 35.0 Å². The van der Waals surface area contributed by atoms with Gasteiger partial charge in [-0.2, -0.15) is 0 Å². The predicted molar refractivity (Wildman–Crippen MR) is 92.6 cm³/mol. The van der Waals surface area contributed by atoms with Crippen LogP contribution in [-0.2, 0) is 6.54 Å². The summed E-state index contributed by atoms with van der Waals surface area (Å²) >= 11 is 3.46. The summed E-state index contributed by atoms with van der Waals surface area (Å²) in [6.07, 6.45) is 4.61. The standard InChI is InChI=1S/C16H15BrN2O2.ClH/c17-14-3-1-13-8-16(4-2-12(13)7-14)21-10-15(20)9-19-6-5-18-11-19;/h1-8,11,15,20H,9-10H2;1H. The quantitative estimate of drug-likeness (QED) is 0.731. The van der Waals surface area contributed by atoms with Gasteiger partial charge in [0.15, 0.2) is 0 Å². The molecule has 0 saturated heterocycles. The van der Waals surface area contributed by atoms with E-state index in [1.807, 2.05) is 41.1 Å². The van der Waals surface area contributed by atoms with Gasteiger partial charge in [0.2, 0.25) is 0 Å². The number of imidazole rings is 1. The maximum Gasteiger partial charge on any atom is 0.120 e. The molecule has 0 fully saturated rings. The fourth-order valence-electron chi connectivity index (χ4n) is 2.17. The second kappa shape index (κ2) is 7.63. The molecule has 3 aromatic rings.